The van der Waals surface area contributed by atoms with Gasteiger partial charge in [0.1, 0.15) is 22.9 Å². The second-order valence-corrected chi connectivity index (χ2v) is 11.6. The zero-order chi connectivity index (χ0) is 27.8. The first-order valence-electron chi connectivity index (χ1n) is 12.1. The van der Waals surface area contributed by atoms with Gasteiger partial charge in [-0.3, -0.25) is 9.69 Å². The number of carbonyl (C=O) groups excluding carboxylic acids is 2. The summed E-state index contributed by atoms with van der Waals surface area (Å²) >= 11 is 9.38. The van der Waals surface area contributed by atoms with Crippen molar-refractivity contribution in [3.63, 3.8) is 0 Å². The van der Waals surface area contributed by atoms with Crippen LogP contribution in [-0.4, -0.2) is 35.6 Å². The van der Waals surface area contributed by atoms with E-state index in [9.17, 15) is 14.0 Å². The van der Waals surface area contributed by atoms with Crippen molar-refractivity contribution in [3.05, 3.63) is 87.1 Å². The van der Waals surface area contributed by atoms with Crippen molar-refractivity contribution in [2.45, 2.75) is 51.8 Å². The van der Waals surface area contributed by atoms with Gasteiger partial charge in [0.25, 0.3) is 0 Å². The molecule has 3 aromatic rings. The third-order valence-corrected chi connectivity index (χ3v) is 6.99. The summed E-state index contributed by atoms with van der Waals surface area (Å²) < 4.78 is 26.1. The van der Waals surface area contributed by atoms with Gasteiger partial charge in [-0.05, 0) is 63.6 Å². The molecular formula is C29H29BrClFN2O4. The molecule has 200 valence electrons. The van der Waals surface area contributed by atoms with Crippen LogP contribution in [0.5, 0.6) is 11.5 Å². The number of carbonyl (C=O) groups is 2. The first-order chi connectivity index (χ1) is 17.9. The van der Waals surface area contributed by atoms with Crippen molar-refractivity contribution >= 4 is 45.2 Å². The Hall–Kier alpha value is -3.10. The van der Waals surface area contributed by atoms with Gasteiger partial charge in [-0.15, -0.1) is 0 Å². The lowest BCUT2D eigenvalue weighted by molar-refractivity contribution is -0.132. The number of ether oxygens (including phenoxy) is 2. The van der Waals surface area contributed by atoms with Gasteiger partial charge in [-0.25, -0.2) is 9.18 Å². The quantitative estimate of drug-likeness (QED) is 0.297. The van der Waals surface area contributed by atoms with Crippen LogP contribution in [-0.2, 0) is 16.1 Å². The van der Waals surface area contributed by atoms with Crippen LogP contribution in [0.25, 0.3) is 0 Å². The fraction of sp³-hybridized carbons (Fsp3) is 0.310. The van der Waals surface area contributed by atoms with Crippen LogP contribution in [0.4, 0.5) is 14.9 Å². The lowest BCUT2D eigenvalue weighted by Gasteiger charge is -2.30. The molecule has 4 rings (SSSR count). The van der Waals surface area contributed by atoms with E-state index in [2.05, 4.69) is 15.9 Å². The number of fused-ring (bicyclic) bond motifs is 1. The molecule has 9 heteroatoms. The Morgan fingerprint density at radius 2 is 1.82 bits per heavy atom. The topological polar surface area (TPSA) is 59.1 Å². The number of amides is 2. The van der Waals surface area contributed by atoms with Gasteiger partial charge in [-0.1, -0.05) is 51.8 Å². The molecule has 0 bridgehead atoms. The summed E-state index contributed by atoms with van der Waals surface area (Å²) in [6.07, 6.45) is -0.489. The van der Waals surface area contributed by atoms with E-state index in [1.807, 2.05) is 64.1 Å². The van der Waals surface area contributed by atoms with Crippen LogP contribution in [0.2, 0.25) is 5.02 Å². The van der Waals surface area contributed by atoms with Crippen molar-refractivity contribution in [1.29, 1.82) is 0 Å². The van der Waals surface area contributed by atoms with E-state index in [4.69, 9.17) is 21.1 Å². The summed E-state index contributed by atoms with van der Waals surface area (Å²) in [7, 11) is 1.72. The highest BCUT2D eigenvalue weighted by atomic mass is 79.9. The zero-order valence-corrected chi connectivity index (χ0v) is 24.1. The molecule has 0 spiro atoms. The van der Waals surface area contributed by atoms with Crippen LogP contribution in [0, 0.1) is 5.82 Å². The van der Waals surface area contributed by atoms with Crippen LogP contribution < -0.4 is 9.64 Å². The molecule has 2 amide bonds. The van der Waals surface area contributed by atoms with E-state index in [0.29, 0.717) is 17.2 Å². The zero-order valence-electron chi connectivity index (χ0n) is 21.8. The third kappa shape index (κ3) is 5.97. The summed E-state index contributed by atoms with van der Waals surface area (Å²) in [5.41, 5.74) is 1.52. The maximum Gasteiger partial charge on any atom is 0.415 e. The molecular weight excluding hydrogens is 575 g/mol. The molecule has 0 aromatic heterocycles. The van der Waals surface area contributed by atoms with Crippen LogP contribution >= 0.6 is 27.5 Å². The Morgan fingerprint density at radius 1 is 1.11 bits per heavy atom. The van der Waals surface area contributed by atoms with E-state index < -0.39 is 29.5 Å². The number of benzene rings is 3. The summed E-state index contributed by atoms with van der Waals surface area (Å²) in [4.78, 5) is 30.1. The minimum atomic E-state index is -0.669. The Balaban J connectivity index is 1.59. The molecule has 0 saturated carbocycles. The number of nitrogens with zero attached hydrogens (tertiary/aromatic N) is 2. The van der Waals surface area contributed by atoms with Gasteiger partial charge in [0.15, 0.2) is 0 Å². The molecule has 1 heterocycles. The number of likely N-dealkylation sites (N-methyl/N-ethyl adjacent to an activating group) is 1. The second-order valence-electron chi connectivity index (χ2n) is 10.3. The SMILES string of the molecule is CC1C(C(=O)N(C)Cc2ccc(Br)cc2Oc2ccc(F)c(Cl)c2)c2ccccc2N1C(=O)OC(C)(C)C. The maximum atomic E-state index is 13.8. The first-order valence-corrected chi connectivity index (χ1v) is 13.3. The van der Waals surface area contributed by atoms with Crippen molar-refractivity contribution in [1.82, 2.24) is 4.90 Å². The molecule has 6 nitrogen and oxygen atoms in total. The summed E-state index contributed by atoms with van der Waals surface area (Å²) in [5.74, 6) is -0.382. The molecule has 1 aliphatic heterocycles. The predicted molar refractivity (Wildman–Crippen MR) is 149 cm³/mol. The Morgan fingerprint density at radius 3 is 2.50 bits per heavy atom. The van der Waals surface area contributed by atoms with Gasteiger partial charge < -0.3 is 14.4 Å². The third-order valence-electron chi connectivity index (χ3n) is 6.21. The standard InChI is InChI=1S/C29H29BrClFN2O4/c1-17-26(21-8-6-7-9-24(21)34(17)28(36)38-29(2,3)4)27(35)33(5)16-18-10-11-19(30)14-25(18)37-20-12-13-23(32)22(31)15-20/h6-15,17,26H,16H2,1-5H3. The molecule has 3 aromatic carbocycles. The van der Waals surface area contributed by atoms with Crippen LogP contribution in [0.1, 0.15) is 44.7 Å². The number of hydrogen-bond donors (Lipinski definition) is 0. The van der Waals surface area contributed by atoms with Crippen molar-refractivity contribution in [2.75, 3.05) is 11.9 Å². The number of halogens is 3. The number of anilines is 1. The van der Waals surface area contributed by atoms with E-state index in [1.54, 1.807) is 22.9 Å². The van der Waals surface area contributed by atoms with Gasteiger partial charge in [0, 0.05) is 29.7 Å². The van der Waals surface area contributed by atoms with Gasteiger partial charge in [0.05, 0.1) is 22.7 Å². The maximum absolute atomic E-state index is 13.8. The molecule has 0 radical (unpaired) electrons. The largest absolute Gasteiger partial charge is 0.457 e. The number of rotatable bonds is 5. The normalized spacial score (nSPS) is 16.7. The van der Waals surface area contributed by atoms with E-state index in [0.717, 1.165) is 15.6 Å². The van der Waals surface area contributed by atoms with Gasteiger partial charge in [0.2, 0.25) is 5.91 Å². The molecule has 38 heavy (non-hydrogen) atoms. The average molecular weight is 604 g/mol. The predicted octanol–water partition coefficient (Wildman–Crippen LogP) is 7.92. The van der Waals surface area contributed by atoms with E-state index >= 15 is 0 Å². The van der Waals surface area contributed by atoms with Crippen molar-refractivity contribution in [2.24, 2.45) is 0 Å². The fourth-order valence-corrected chi connectivity index (χ4v) is 5.02. The molecule has 2 unspecified atom stereocenters. The lowest BCUT2D eigenvalue weighted by atomic mass is 9.94. The number of hydrogen-bond acceptors (Lipinski definition) is 4. The van der Waals surface area contributed by atoms with E-state index in [-0.39, 0.29) is 17.5 Å². The Kier molecular flexibility index (Phi) is 8.04. The van der Waals surface area contributed by atoms with Gasteiger partial charge in [-0.2, -0.15) is 0 Å². The highest BCUT2D eigenvalue weighted by molar-refractivity contribution is 9.10. The number of para-hydroxylation sites is 1. The van der Waals surface area contributed by atoms with E-state index in [1.165, 1.54) is 18.2 Å². The molecule has 0 aliphatic carbocycles. The Labute approximate surface area is 235 Å². The summed E-state index contributed by atoms with van der Waals surface area (Å²) in [5, 5.41) is -0.0465. The van der Waals surface area contributed by atoms with Crippen molar-refractivity contribution < 1.29 is 23.5 Å². The Bertz CT molecular complexity index is 1380. The van der Waals surface area contributed by atoms with Crippen LogP contribution in [0.15, 0.2) is 65.1 Å². The summed E-state index contributed by atoms with van der Waals surface area (Å²) in [6.45, 7) is 7.53. The van der Waals surface area contributed by atoms with Crippen molar-refractivity contribution in [3.8, 4) is 11.5 Å². The average Bonchev–Trinajstić information content (AvgIpc) is 3.13. The monoisotopic (exact) mass is 602 g/mol. The minimum absolute atomic E-state index is 0.0465. The highest BCUT2D eigenvalue weighted by Gasteiger charge is 2.45. The minimum Gasteiger partial charge on any atom is -0.457 e. The van der Waals surface area contributed by atoms with Crippen LogP contribution in [0.3, 0.4) is 0 Å². The highest BCUT2D eigenvalue weighted by Crippen LogP contribution is 2.43. The van der Waals surface area contributed by atoms with Gasteiger partial charge >= 0.3 is 6.09 Å². The molecule has 1 aliphatic rings. The fourth-order valence-electron chi connectivity index (χ4n) is 4.51. The molecule has 0 N–H and O–H groups in total. The smallest absolute Gasteiger partial charge is 0.415 e. The molecule has 0 saturated heterocycles. The molecule has 2 atom stereocenters. The second kappa shape index (κ2) is 10.9. The first kappa shape index (κ1) is 27.9. The molecule has 0 fully saturated rings. The lowest BCUT2D eigenvalue weighted by Crippen LogP contribution is -2.44. The summed E-state index contributed by atoms with van der Waals surface area (Å²) in [6, 6.07) is 16.6.